The van der Waals surface area contributed by atoms with Crippen LogP contribution in [-0.4, -0.2) is 41.3 Å². The Morgan fingerprint density at radius 1 is 1.03 bits per heavy atom. The molecule has 1 heterocycles. The molecule has 0 atom stereocenters. The summed E-state index contributed by atoms with van der Waals surface area (Å²) in [6, 6.07) is 14.6. The predicted molar refractivity (Wildman–Crippen MR) is 139 cm³/mol. The van der Waals surface area contributed by atoms with Gasteiger partial charge in [0, 0.05) is 42.3 Å². The van der Waals surface area contributed by atoms with Gasteiger partial charge in [0.2, 0.25) is 5.95 Å². The number of thiocarbonyl (C=S) groups is 1. The van der Waals surface area contributed by atoms with Crippen molar-refractivity contribution in [2.45, 2.75) is 44.7 Å². The Morgan fingerprint density at radius 3 is 2.47 bits per heavy atom. The lowest BCUT2D eigenvalue weighted by molar-refractivity contribution is 0.387. The van der Waals surface area contributed by atoms with E-state index in [1.807, 2.05) is 62.3 Å². The van der Waals surface area contributed by atoms with Crippen molar-refractivity contribution >= 4 is 57.3 Å². The highest BCUT2D eigenvalue weighted by molar-refractivity contribution is 7.80. The van der Waals surface area contributed by atoms with Gasteiger partial charge in [0.25, 0.3) is 0 Å². The van der Waals surface area contributed by atoms with Crippen molar-refractivity contribution in [3.8, 4) is 0 Å². The molecular weight excluding hydrogens is 440 g/mol. The second-order valence-corrected chi connectivity index (χ2v) is 9.38. The first-order valence-electron chi connectivity index (χ1n) is 10.9. The number of anilines is 3. The number of nitrogens with zero attached hydrogens (tertiary/aromatic N) is 3. The van der Waals surface area contributed by atoms with Gasteiger partial charge >= 0.3 is 0 Å². The first-order chi connectivity index (χ1) is 15.4. The fourth-order valence-corrected chi connectivity index (χ4v) is 4.64. The van der Waals surface area contributed by atoms with Gasteiger partial charge in [-0.05, 0) is 80.7 Å². The second-order valence-electron chi connectivity index (χ2n) is 8.53. The number of hydrogen-bond donors (Lipinski definition) is 3. The molecule has 1 fully saturated rings. The van der Waals surface area contributed by atoms with E-state index in [2.05, 4.69) is 22.0 Å². The summed E-state index contributed by atoms with van der Waals surface area (Å²) >= 11 is 11.6. The molecule has 1 aliphatic rings. The molecule has 0 aliphatic heterocycles. The van der Waals surface area contributed by atoms with Gasteiger partial charge in [-0.3, -0.25) is 0 Å². The highest BCUT2D eigenvalue weighted by atomic mass is 35.5. The summed E-state index contributed by atoms with van der Waals surface area (Å²) in [4.78, 5) is 11.5. The zero-order valence-electron chi connectivity index (χ0n) is 18.7. The number of hydrogen-bond acceptors (Lipinski definition) is 5. The molecular formula is C24H29ClN6S. The zero-order chi connectivity index (χ0) is 22.7. The summed E-state index contributed by atoms with van der Waals surface area (Å²) in [5, 5.41) is 12.8. The molecule has 0 bridgehead atoms. The molecule has 1 aromatic heterocycles. The molecule has 8 heteroatoms. The number of para-hydroxylation sites is 1. The van der Waals surface area contributed by atoms with Gasteiger partial charge in [-0.2, -0.15) is 4.98 Å². The highest BCUT2D eigenvalue weighted by Gasteiger charge is 2.23. The van der Waals surface area contributed by atoms with Crippen LogP contribution in [0.15, 0.2) is 42.5 Å². The molecule has 6 nitrogen and oxygen atoms in total. The lowest BCUT2D eigenvalue weighted by Gasteiger charge is -2.30. The largest absolute Gasteiger partial charge is 0.362 e. The van der Waals surface area contributed by atoms with Crippen LogP contribution in [0.25, 0.3) is 10.9 Å². The third-order valence-electron chi connectivity index (χ3n) is 5.84. The van der Waals surface area contributed by atoms with Gasteiger partial charge in [0.15, 0.2) is 5.11 Å². The minimum atomic E-state index is 0.351. The van der Waals surface area contributed by atoms with E-state index in [1.165, 1.54) is 0 Å². The van der Waals surface area contributed by atoms with Gasteiger partial charge in [-0.1, -0.05) is 23.7 Å². The molecule has 32 heavy (non-hydrogen) atoms. The van der Waals surface area contributed by atoms with Crippen LogP contribution in [0.1, 0.15) is 31.2 Å². The maximum absolute atomic E-state index is 6.04. The third kappa shape index (κ3) is 5.40. The van der Waals surface area contributed by atoms with E-state index in [-0.39, 0.29) is 0 Å². The Hall–Kier alpha value is -2.64. The minimum Gasteiger partial charge on any atom is -0.362 e. The van der Waals surface area contributed by atoms with Crippen LogP contribution in [0.3, 0.4) is 0 Å². The van der Waals surface area contributed by atoms with Crippen molar-refractivity contribution in [2.24, 2.45) is 0 Å². The summed E-state index contributed by atoms with van der Waals surface area (Å²) in [5.41, 5.74) is 3.01. The summed E-state index contributed by atoms with van der Waals surface area (Å²) in [6.45, 7) is 2.02. The Bertz CT molecular complexity index is 1110. The molecule has 0 radical (unpaired) electrons. The predicted octanol–water partition coefficient (Wildman–Crippen LogP) is 5.37. The Morgan fingerprint density at radius 2 is 1.75 bits per heavy atom. The van der Waals surface area contributed by atoms with Gasteiger partial charge in [-0.15, -0.1) is 0 Å². The fourth-order valence-electron chi connectivity index (χ4n) is 4.14. The normalized spacial score (nSPS) is 18.2. The summed E-state index contributed by atoms with van der Waals surface area (Å²) in [7, 11) is 4.02. The molecule has 2 aromatic carbocycles. The monoisotopic (exact) mass is 468 g/mol. The number of aryl methyl sites for hydroxylation is 1. The van der Waals surface area contributed by atoms with Gasteiger partial charge in [-0.25, -0.2) is 4.98 Å². The summed E-state index contributed by atoms with van der Waals surface area (Å²) < 4.78 is 0. The molecule has 1 saturated carbocycles. The van der Waals surface area contributed by atoms with Crippen LogP contribution in [0.2, 0.25) is 5.02 Å². The molecule has 0 saturated heterocycles. The number of aromatic nitrogens is 2. The van der Waals surface area contributed by atoms with Gasteiger partial charge in [0.1, 0.15) is 5.82 Å². The fraction of sp³-hybridized carbons (Fsp3) is 0.375. The Balaban J connectivity index is 1.32. The van der Waals surface area contributed by atoms with Crippen LogP contribution in [0.5, 0.6) is 0 Å². The van der Waals surface area contributed by atoms with E-state index in [0.29, 0.717) is 23.1 Å². The van der Waals surface area contributed by atoms with Gasteiger partial charge < -0.3 is 20.9 Å². The lowest BCUT2D eigenvalue weighted by Crippen LogP contribution is -2.42. The van der Waals surface area contributed by atoms with E-state index in [1.54, 1.807) is 0 Å². The SMILES string of the molecule is Cc1cc(Cl)ccc1NC(=S)NC1CCC(Nc2nc(N(C)C)c3ccccc3n2)CC1. The third-order valence-corrected chi connectivity index (χ3v) is 6.29. The quantitative estimate of drug-likeness (QED) is 0.435. The number of benzene rings is 2. The Labute approximate surface area is 199 Å². The van der Waals surface area contributed by atoms with Crippen molar-refractivity contribution in [3.63, 3.8) is 0 Å². The van der Waals surface area contributed by atoms with Crippen molar-refractivity contribution in [1.82, 2.24) is 15.3 Å². The van der Waals surface area contributed by atoms with E-state index in [0.717, 1.165) is 58.7 Å². The van der Waals surface area contributed by atoms with Crippen molar-refractivity contribution in [3.05, 3.63) is 53.1 Å². The van der Waals surface area contributed by atoms with E-state index < -0.39 is 0 Å². The molecule has 3 N–H and O–H groups in total. The van der Waals surface area contributed by atoms with Crippen molar-refractivity contribution < 1.29 is 0 Å². The lowest BCUT2D eigenvalue weighted by atomic mass is 9.91. The number of nitrogens with one attached hydrogen (secondary N) is 3. The molecule has 0 spiro atoms. The van der Waals surface area contributed by atoms with Crippen LogP contribution >= 0.6 is 23.8 Å². The Kier molecular flexibility index (Phi) is 6.96. The molecule has 3 aromatic rings. The molecule has 1 aliphatic carbocycles. The summed E-state index contributed by atoms with van der Waals surface area (Å²) in [5.74, 6) is 1.63. The van der Waals surface area contributed by atoms with Crippen LogP contribution < -0.4 is 20.9 Å². The van der Waals surface area contributed by atoms with Gasteiger partial charge in [0.05, 0.1) is 5.52 Å². The zero-order valence-corrected chi connectivity index (χ0v) is 20.2. The van der Waals surface area contributed by atoms with Crippen molar-refractivity contribution in [1.29, 1.82) is 0 Å². The molecule has 0 amide bonds. The summed E-state index contributed by atoms with van der Waals surface area (Å²) in [6.07, 6.45) is 4.14. The molecule has 0 unspecified atom stereocenters. The molecule has 4 rings (SSSR count). The van der Waals surface area contributed by atoms with Crippen molar-refractivity contribution in [2.75, 3.05) is 29.6 Å². The van der Waals surface area contributed by atoms with E-state index in [4.69, 9.17) is 33.8 Å². The minimum absolute atomic E-state index is 0.351. The maximum Gasteiger partial charge on any atom is 0.225 e. The average molecular weight is 469 g/mol. The second kappa shape index (κ2) is 9.88. The molecule has 168 valence electrons. The van der Waals surface area contributed by atoms with Crippen LogP contribution in [0, 0.1) is 6.92 Å². The highest BCUT2D eigenvalue weighted by Crippen LogP contribution is 2.26. The first-order valence-corrected chi connectivity index (χ1v) is 11.7. The standard InChI is InChI=1S/C24H29ClN6S/c1-15-14-16(25)8-13-20(15)29-24(32)27-18-11-9-17(10-12-18)26-23-28-21-7-5-4-6-19(21)22(30-23)31(2)3/h4-8,13-14,17-18H,9-12H2,1-3H3,(H,26,28,30)(H2,27,29,32). The average Bonchev–Trinajstić information content (AvgIpc) is 2.76. The topological polar surface area (TPSA) is 65.1 Å². The van der Waals surface area contributed by atoms with E-state index in [9.17, 15) is 0 Å². The number of fused-ring (bicyclic) bond motifs is 1. The smallest absolute Gasteiger partial charge is 0.225 e. The number of rotatable bonds is 5. The number of halogens is 1. The van der Waals surface area contributed by atoms with E-state index >= 15 is 0 Å². The van der Waals surface area contributed by atoms with Crippen LogP contribution in [0.4, 0.5) is 17.5 Å². The maximum atomic E-state index is 6.04. The van der Waals surface area contributed by atoms with Crippen LogP contribution in [-0.2, 0) is 0 Å². The first kappa shape index (κ1) is 22.6.